The Kier molecular flexibility index (Phi) is 4.69. The van der Waals surface area contributed by atoms with E-state index in [0.717, 1.165) is 35.5 Å². The summed E-state index contributed by atoms with van der Waals surface area (Å²) in [6, 6.07) is 12.8. The molecular formula is C19H21ClN2O. The Bertz CT molecular complexity index is 729. The number of carbonyl (C=O) groups excluding carboxylic acids is 1. The van der Waals surface area contributed by atoms with E-state index in [2.05, 4.69) is 41.0 Å². The van der Waals surface area contributed by atoms with Gasteiger partial charge in [0.05, 0.1) is 0 Å². The van der Waals surface area contributed by atoms with Gasteiger partial charge in [0.2, 0.25) is 6.41 Å². The zero-order chi connectivity index (χ0) is 16.4. The number of hydrogen-bond donors (Lipinski definition) is 2. The quantitative estimate of drug-likeness (QED) is 0.817. The molecular weight excluding hydrogens is 308 g/mol. The van der Waals surface area contributed by atoms with E-state index < -0.39 is 0 Å². The van der Waals surface area contributed by atoms with Crippen molar-refractivity contribution in [3.8, 4) is 0 Å². The molecule has 2 aromatic rings. The summed E-state index contributed by atoms with van der Waals surface area (Å²) in [6.07, 6.45) is 2.86. The van der Waals surface area contributed by atoms with Crippen molar-refractivity contribution < 1.29 is 4.79 Å². The standard InChI is InChI=1S/C19H21ClN2O/c1-12-3-4-13(9-18(12)20)15-7-8-19(21-2)17-10-14(22-11-23)5-6-16(15)17/h3-6,9-11,15,19,21H,7-8H2,1-2H3,(H,22,23)/t15-,19-/m0/s1. The third-order valence-corrected chi connectivity index (χ3v) is 5.16. The predicted octanol–water partition coefficient (Wildman–Crippen LogP) is 4.40. The average molecular weight is 329 g/mol. The number of anilines is 1. The Hall–Kier alpha value is -1.84. The van der Waals surface area contributed by atoms with Crippen LogP contribution in [0, 0.1) is 6.92 Å². The largest absolute Gasteiger partial charge is 0.329 e. The van der Waals surface area contributed by atoms with Crippen molar-refractivity contribution in [1.29, 1.82) is 0 Å². The molecule has 2 N–H and O–H groups in total. The zero-order valence-electron chi connectivity index (χ0n) is 13.4. The highest BCUT2D eigenvalue weighted by Gasteiger charge is 2.27. The van der Waals surface area contributed by atoms with Gasteiger partial charge in [0.15, 0.2) is 0 Å². The molecule has 0 saturated carbocycles. The van der Waals surface area contributed by atoms with Crippen LogP contribution in [0.15, 0.2) is 36.4 Å². The number of aryl methyl sites for hydroxylation is 1. The predicted molar refractivity (Wildman–Crippen MR) is 95.2 cm³/mol. The maximum Gasteiger partial charge on any atom is 0.211 e. The molecule has 0 radical (unpaired) electrons. The number of amides is 1. The number of rotatable bonds is 4. The van der Waals surface area contributed by atoms with Crippen LogP contribution in [0.1, 0.15) is 47.1 Å². The van der Waals surface area contributed by atoms with E-state index >= 15 is 0 Å². The number of halogens is 1. The fraction of sp³-hybridized carbons (Fsp3) is 0.316. The van der Waals surface area contributed by atoms with E-state index in [-0.39, 0.29) is 0 Å². The highest BCUT2D eigenvalue weighted by atomic mass is 35.5. The van der Waals surface area contributed by atoms with Crippen LogP contribution in [0.2, 0.25) is 5.02 Å². The summed E-state index contributed by atoms with van der Waals surface area (Å²) in [7, 11) is 1.98. The molecule has 2 aromatic carbocycles. The Labute approximate surface area is 142 Å². The first kappa shape index (κ1) is 16.0. The number of hydrogen-bond acceptors (Lipinski definition) is 2. The molecule has 3 rings (SSSR count). The first-order valence-electron chi connectivity index (χ1n) is 7.91. The second-order valence-corrected chi connectivity index (χ2v) is 6.49. The van der Waals surface area contributed by atoms with Gasteiger partial charge in [0.25, 0.3) is 0 Å². The number of benzene rings is 2. The van der Waals surface area contributed by atoms with Gasteiger partial charge in [-0.15, -0.1) is 0 Å². The molecule has 0 heterocycles. The van der Waals surface area contributed by atoms with Gasteiger partial charge in [-0.3, -0.25) is 4.79 Å². The van der Waals surface area contributed by atoms with Crippen LogP contribution in [0.25, 0.3) is 0 Å². The maximum absolute atomic E-state index is 10.7. The lowest BCUT2D eigenvalue weighted by Crippen LogP contribution is -2.24. The van der Waals surface area contributed by atoms with Gasteiger partial charge >= 0.3 is 0 Å². The summed E-state index contributed by atoms with van der Waals surface area (Å²) in [5, 5.41) is 6.94. The molecule has 0 saturated heterocycles. The molecule has 23 heavy (non-hydrogen) atoms. The topological polar surface area (TPSA) is 41.1 Å². The smallest absolute Gasteiger partial charge is 0.211 e. The molecule has 0 aromatic heterocycles. The monoisotopic (exact) mass is 328 g/mol. The molecule has 0 spiro atoms. The molecule has 2 atom stereocenters. The SMILES string of the molecule is CN[C@H]1CC[C@@H](c2ccc(C)c(Cl)c2)c2ccc(NC=O)cc21. The van der Waals surface area contributed by atoms with Crippen LogP contribution >= 0.6 is 11.6 Å². The first-order chi connectivity index (χ1) is 11.1. The van der Waals surface area contributed by atoms with Crippen molar-refractivity contribution in [3.05, 3.63) is 63.7 Å². The van der Waals surface area contributed by atoms with Crippen molar-refractivity contribution in [1.82, 2.24) is 5.32 Å². The van der Waals surface area contributed by atoms with Gasteiger partial charge in [-0.2, -0.15) is 0 Å². The molecule has 1 amide bonds. The zero-order valence-corrected chi connectivity index (χ0v) is 14.2. The summed E-state index contributed by atoms with van der Waals surface area (Å²) in [5.41, 5.74) is 5.76. The Morgan fingerprint density at radius 1 is 1.13 bits per heavy atom. The number of fused-ring (bicyclic) bond motifs is 1. The lowest BCUT2D eigenvalue weighted by atomic mass is 9.76. The minimum absolute atomic E-state index is 0.315. The Morgan fingerprint density at radius 2 is 1.96 bits per heavy atom. The second kappa shape index (κ2) is 6.73. The lowest BCUT2D eigenvalue weighted by molar-refractivity contribution is -0.105. The van der Waals surface area contributed by atoms with Crippen molar-refractivity contribution >= 4 is 23.7 Å². The minimum Gasteiger partial charge on any atom is -0.329 e. The van der Waals surface area contributed by atoms with Gasteiger partial charge in [-0.25, -0.2) is 0 Å². The summed E-state index contributed by atoms with van der Waals surface area (Å²) < 4.78 is 0. The highest BCUT2D eigenvalue weighted by molar-refractivity contribution is 6.31. The van der Waals surface area contributed by atoms with Crippen molar-refractivity contribution in [2.24, 2.45) is 0 Å². The number of carbonyl (C=O) groups is 1. The molecule has 0 fully saturated rings. The van der Waals surface area contributed by atoms with Crippen molar-refractivity contribution in [2.45, 2.75) is 31.7 Å². The van der Waals surface area contributed by atoms with Crippen LogP contribution in [0.5, 0.6) is 0 Å². The van der Waals surface area contributed by atoms with E-state index in [1.807, 2.05) is 20.0 Å². The molecule has 0 unspecified atom stereocenters. The minimum atomic E-state index is 0.315. The fourth-order valence-electron chi connectivity index (χ4n) is 3.47. The third kappa shape index (κ3) is 3.12. The molecule has 1 aliphatic carbocycles. The second-order valence-electron chi connectivity index (χ2n) is 6.09. The Balaban J connectivity index is 2.05. The molecule has 120 valence electrons. The van der Waals surface area contributed by atoms with Crippen LogP contribution in [-0.2, 0) is 4.79 Å². The van der Waals surface area contributed by atoms with E-state index in [9.17, 15) is 4.79 Å². The Morgan fingerprint density at radius 3 is 2.65 bits per heavy atom. The van der Waals surface area contributed by atoms with Crippen LogP contribution in [-0.4, -0.2) is 13.5 Å². The van der Waals surface area contributed by atoms with Crippen LogP contribution < -0.4 is 10.6 Å². The summed E-state index contributed by atoms with van der Waals surface area (Å²) in [6.45, 7) is 2.02. The molecule has 3 nitrogen and oxygen atoms in total. The summed E-state index contributed by atoms with van der Waals surface area (Å²) >= 11 is 6.32. The molecule has 1 aliphatic rings. The third-order valence-electron chi connectivity index (χ3n) is 4.75. The molecule has 0 bridgehead atoms. The fourth-order valence-corrected chi connectivity index (χ4v) is 3.66. The summed E-state index contributed by atoms with van der Waals surface area (Å²) in [5.74, 6) is 0.345. The first-order valence-corrected chi connectivity index (χ1v) is 8.29. The van der Waals surface area contributed by atoms with Gasteiger partial charge < -0.3 is 10.6 Å². The lowest BCUT2D eigenvalue weighted by Gasteiger charge is -2.32. The van der Waals surface area contributed by atoms with Gasteiger partial charge in [-0.05, 0) is 67.3 Å². The number of nitrogens with one attached hydrogen (secondary N) is 2. The average Bonchev–Trinajstić information content (AvgIpc) is 2.56. The van der Waals surface area contributed by atoms with Crippen LogP contribution in [0.3, 0.4) is 0 Å². The van der Waals surface area contributed by atoms with Gasteiger partial charge in [-0.1, -0.05) is 29.8 Å². The van der Waals surface area contributed by atoms with Crippen molar-refractivity contribution in [3.63, 3.8) is 0 Å². The van der Waals surface area contributed by atoms with E-state index in [4.69, 9.17) is 11.6 Å². The molecule has 4 heteroatoms. The van der Waals surface area contributed by atoms with E-state index in [1.165, 1.54) is 16.7 Å². The maximum atomic E-state index is 10.7. The summed E-state index contributed by atoms with van der Waals surface area (Å²) in [4.78, 5) is 10.7. The van der Waals surface area contributed by atoms with Gasteiger partial charge in [0, 0.05) is 22.7 Å². The highest BCUT2D eigenvalue weighted by Crippen LogP contribution is 2.42. The van der Waals surface area contributed by atoms with Crippen molar-refractivity contribution in [2.75, 3.05) is 12.4 Å². The van der Waals surface area contributed by atoms with E-state index in [0.29, 0.717) is 12.0 Å². The molecule has 0 aliphatic heterocycles. The van der Waals surface area contributed by atoms with Gasteiger partial charge in [0.1, 0.15) is 0 Å². The normalized spacial score (nSPS) is 20.0. The van der Waals surface area contributed by atoms with E-state index in [1.54, 1.807) is 0 Å². The van der Waals surface area contributed by atoms with Crippen LogP contribution in [0.4, 0.5) is 5.69 Å².